The van der Waals surface area contributed by atoms with Crippen LogP contribution in [0.1, 0.15) is 5.56 Å². The standard InChI is InChI=1S/C17H12Cl2F2N4O3S/c18-10-8-23-25(9-10)14-6-5-11(7-15(14)29(22,27)28)24-16(26)17(20,21)12-3-1-2-4-13(12)19/h1-9H,(H,24,26)(H2,22,27,28). The van der Waals surface area contributed by atoms with Crippen molar-refractivity contribution < 1.29 is 22.0 Å². The number of alkyl halides is 2. The number of primary sulfonamides is 1. The van der Waals surface area contributed by atoms with Crippen molar-refractivity contribution in [3.05, 3.63) is 70.5 Å². The van der Waals surface area contributed by atoms with Crippen LogP contribution in [0.4, 0.5) is 14.5 Å². The smallest absolute Gasteiger partial charge is 0.320 e. The quantitative estimate of drug-likeness (QED) is 0.606. The third-order valence-electron chi connectivity index (χ3n) is 3.82. The second kappa shape index (κ2) is 7.71. The molecule has 0 bridgehead atoms. The maximum atomic E-state index is 14.5. The van der Waals surface area contributed by atoms with E-state index in [0.29, 0.717) is 0 Å². The Morgan fingerprint density at radius 1 is 1.17 bits per heavy atom. The lowest BCUT2D eigenvalue weighted by Gasteiger charge is -2.18. The number of amides is 1. The van der Waals surface area contributed by atoms with Crippen molar-refractivity contribution in [2.45, 2.75) is 10.8 Å². The summed E-state index contributed by atoms with van der Waals surface area (Å²) < 4.78 is 54.1. The van der Waals surface area contributed by atoms with E-state index < -0.39 is 32.3 Å². The fourth-order valence-electron chi connectivity index (χ4n) is 2.49. The minimum atomic E-state index is -4.29. The fraction of sp³-hybridized carbons (Fsp3) is 0.0588. The van der Waals surface area contributed by atoms with Crippen LogP contribution in [-0.2, 0) is 20.7 Å². The molecule has 2 aromatic carbocycles. The number of sulfonamides is 1. The van der Waals surface area contributed by atoms with Crippen molar-refractivity contribution in [3.8, 4) is 5.69 Å². The zero-order valence-corrected chi connectivity index (χ0v) is 16.6. The van der Waals surface area contributed by atoms with E-state index in [0.717, 1.165) is 16.8 Å². The molecule has 0 atom stereocenters. The van der Waals surface area contributed by atoms with Crippen LogP contribution in [0.25, 0.3) is 5.69 Å². The molecule has 3 aromatic rings. The van der Waals surface area contributed by atoms with E-state index in [2.05, 4.69) is 5.10 Å². The number of rotatable bonds is 5. The summed E-state index contributed by atoms with van der Waals surface area (Å²) in [5, 5.41) is 11.0. The molecule has 0 aliphatic heterocycles. The van der Waals surface area contributed by atoms with Crippen LogP contribution >= 0.6 is 23.2 Å². The van der Waals surface area contributed by atoms with Crippen LogP contribution in [0.3, 0.4) is 0 Å². The van der Waals surface area contributed by atoms with Crippen molar-refractivity contribution in [1.82, 2.24) is 9.78 Å². The Balaban J connectivity index is 1.98. The van der Waals surface area contributed by atoms with E-state index in [-0.39, 0.29) is 21.4 Å². The number of nitrogens with zero attached hydrogens (tertiary/aromatic N) is 2. The van der Waals surface area contributed by atoms with Gasteiger partial charge in [-0.05, 0) is 24.3 Å². The minimum Gasteiger partial charge on any atom is -0.320 e. The summed E-state index contributed by atoms with van der Waals surface area (Å²) >= 11 is 11.5. The van der Waals surface area contributed by atoms with Gasteiger partial charge in [0.15, 0.2) is 0 Å². The maximum Gasteiger partial charge on any atom is 0.351 e. The summed E-state index contributed by atoms with van der Waals surface area (Å²) in [6.45, 7) is 0. The van der Waals surface area contributed by atoms with Crippen molar-refractivity contribution in [2.75, 3.05) is 5.32 Å². The Hall–Kier alpha value is -2.53. The highest BCUT2D eigenvalue weighted by atomic mass is 35.5. The third kappa shape index (κ3) is 4.40. The molecule has 12 heteroatoms. The molecule has 1 aromatic heterocycles. The highest BCUT2D eigenvalue weighted by molar-refractivity contribution is 7.89. The van der Waals surface area contributed by atoms with Crippen molar-refractivity contribution in [1.29, 1.82) is 0 Å². The van der Waals surface area contributed by atoms with E-state index in [4.69, 9.17) is 28.3 Å². The number of nitrogens with two attached hydrogens (primary N) is 1. The highest BCUT2D eigenvalue weighted by Crippen LogP contribution is 2.35. The molecular formula is C17H12Cl2F2N4O3S. The number of hydrogen-bond acceptors (Lipinski definition) is 4. The Kier molecular flexibility index (Phi) is 5.63. The second-order valence-electron chi connectivity index (χ2n) is 5.84. The molecule has 1 amide bonds. The summed E-state index contributed by atoms with van der Waals surface area (Å²) in [6.07, 6.45) is 2.60. The predicted octanol–water partition coefficient (Wildman–Crippen LogP) is 3.56. The molecular weight excluding hydrogens is 449 g/mol. The maximum absolute atomic E-state index is 14.5. The Morgan fingerprint density at radius 2 is 1.86 bits per heavy atom. The third-order valence-corrected chi connectivity index (χ3v) is 5.28. The van der Waals surface area contributed by atoms with E-state index >= 15 is 0 Å². The molecule has 0 aliphatic carbocycles. The molecule has 0 saturated heterocycles. The molecule has 3 rings (SSSR count). The van der Waals surface area contributed by atoms with Crippen molar-refractivity contribution >= 4 is 44.8 Å². The first-order valence-corrected chi connectivity index (χ1v) is 10.1. The van der Waals surface area contributed by atoms with Gasteiger partial charge in [-0.1, -0.05) is 41.4 Å². The molecule has 7 nitrogen and oxygen atoms in total. The van der Waals surface area contributed by atoms with Gasteiger partial charge >= 0.3 is 5.92 Å². The summed E-state index contributed by atoms with van der Waals surface area (Å²) in [4.78, 5) is 11.7. The predicted molar refractivity (Wildman–Crippen MR) is 104 cm³/mol. The molecule has 0 spiro atoms. The highest BCUT2D eigenvalue weighted by Gasteiger charge is 2.42. The lowest BCUT2D eigenvalue weighted by atomic mass is 10.1. The average molecular weight is 461 g/mol. The molecule has 29 heavy (non-hydrogen) atoms. The van der Waals surface area contributed by atoms with E-state index in [1.165, 1.54) is 42.7 Å². The lowest BCUT2D eigenvalue weighted by Crippen LogP contribution is -2.32. The molecule has 0 radical (unpaired) electrons. The normalized spacial score (nSPS) is 12.0. The number of carbonyl (C=O) groups is 1. The minimum absolute atomic E-state index is 0.0234. The van der Waals surface area contributed by atoms with Crippen molar-refractivity contribution in [2.24, 2.45) is 5.14 Å². The molecule has 3 N–H and O–H groups in total. The van der Waals surface area contributed by atoms with E-state index in [1.807, 2.05) is 5.32 Å². The van der Waals surface area contributed by atoms with Gasteiger partial charge in [-0.3, -0.25) is 4.79 Å². The van der Waals surface area contributed by atoms with Crippen LogP contribution < -0.4 is 10.5 Å². The zero-order chi connectivity index (χ0) is 21.4. The lowest BCUT2D eigenvalue weighted by molar-refractivity contribution is -0.140. The SMILES string of the molecule is NS(=O)(=O)c1cc(NC(=O)C(F)(F)c2ccccc2Cl)ccc1-n1cc(Cl)cn1. The van der Waals surface area contributed by atoms with E-state index in [1.54, 1.807) is 0 Å². The van der Waals surface area contributed by atoms with Gasteiger partial charge in [-0.15, -0.1) is 0 Å². The number of carbonyl (C=O) groups excluding carboxylic acids is 1. The number of halogens is 4. The largest absolute Gasteiger partial charge is 0.351 e. The number of hydrogen-bond donors (Lipinski definition) is 2. The van der Waals surface area contributed by atoms with Gasteiger partial charge in [0.05, 0.1) is 21.9 Å². The number of nitrogens with one attached hydrogen (secondary N) is 1. The molecule has 0 unspecified atom stereocenters. The first-order valence-electron chi connectivity index (χ1n) is 7.82. The summed E-state index contributed by atoms with van der Waals surface area (Å²) in [6, 6.07) is 8.40. The van der Waals surface area contributed by atoms with Crippen LogP contribution in [-0.4, -0.2) is 24.1 Å². The Labute approximate surface area is 174 Å². The number of aromatic nitrogens is 2. The molecule has 0 aliphatic rings. The van der Waals surface area contributed by atoms with Gasteiger partial charge < -0.3 is 5.32 Å². The molecule has 1 heterocycles. The van der Waals surface area contributed by atoms with Crippen LogP contribution in [0, 0.1) is 0 Å². The number of benzene rings is 2. The van der Waals surface area contributed by atoms with Crippen LogP contribution in [0.2, 0.25) is 10.0 Å². The zero-order valence-electron chi connectivity index (χ0n) is 14.3. The fourth-order valence-corrected chi connectivity index (χ4v) is 3.62. The second-order valence-corrected chi connectivity index (χ2v) is 8.21. The Bertz CT molecular complexity index is 1200. The van der Waals surface area contributed by atoms with Gasteiger partial charge in [-0.25, -0.2) is 18.2 Å². The first-order chi connectivity index (χ1) is 13.5. The van der Waals surface area contributed by atoms with Crippen LogP contribution in [0.15, 0.2) is 59.8 Å². The van der Waals surface area contributed by atoms with Crippen molar-refractivity contribution in [3.63, 3.8) is 0 Å². The summed E-state index contributed by atoms with van der Waals surface area (Å²) in [5.74, 6) is -5.66. The van der Waals surface area contributed by atoms with Gasteiger partial charge in [0.1, 0.15) is 4.90 Å². The Morgan fingerprint density at radius 3 is 2.45 bits per heavy atom. The molecule has 0 fully saturated rings. The molecule has 152 valence electrons. The summed E-state index contributed by atoms with van der Waals surface area (Å²) in [7, 11) is -4.29. The van der Waals surface area contributed by atoms with Crippen LogP contribution in [0.5, 0.6) is 0 Å². The van der Waals surface area contributed by atoms with Gasteiger partial charge in [-0.2, -0.15) is 13.9 Å². The van der Waals surface area contributed by atoms with E-state index in [9.17, 15) is 22.0 Å². The topological polar surface area (TPSA) is 107 Å². The van der Waals surface area contributed by atoms with Gasteiger partial charge in [0.25, 0.3) is 5.91 Å². The first kappa shape index (κ1) is 21.2. The number of anilines is 1. The van der Waals surface area contributed by atoms with Gasteiger partial charge in [0, 0.05) is 17.4 Å². The summed E-state index contributed by atoms with van der Waals surface area (Å²) in [5.41, 5.74) is -0.878. The van der Waals surface area contributed by atoms with Gasteiger partial charge in [0.2, 0.25) is 10.0 Å². The molecule has 0 saturated carbocycles. The monoisotopic (exact) mass is 460 g/mol. The average Bonchev–Trinajstić information content (AvgIpc) is 3.07.